The van der Waals surface area contributed by atoms with E-state index in [1.165, 1.54) is 29.1 Å². The van der Waals surface area contributed by atoms with Crippen LogP contribution < -0.4 is 5.73 Å². The summed E-state index contributed by atoms with van der Waals surface area (Å²) in [6, 6.07) is 0.0600. The van der Waals surface area contributed by atoms with Gasteiger partial charge >= 0.3 is 0 Å². The number of primary amides is 1. The van der Waals surface area contributed by atoms with Crippen LogP contribution in [0.25, 0.3) is 0 Å². The van der Waals surface area contributed by atoms with Gasteiger partial charge in [0.05, 0.1) is 11.0 Å². The Morgan fingerprint density at radius 3 is 2.96 bits per heavy atom. The van der Waals surface area contributed by atoms with Gasteiger partial charge in [-0.05, 0) is 32.2 Å². The molecule has 1 amide bonds. The van der Waals surface area contributed by atoms with Crippen LogP contribution in [0.5, 0.6) is 0 Å². The summed E-state index contributed by atoms with van der Waals surface area (Å²) in [5.74, 6) is 0.464. The monoisotopic (exact) mass is 333 g/mol. The van der Waals surface area contributed by atoms with Crippen LogP contribution in [-0.2, 0) is 6.54 Å². The van der Waals surface area contributed by atoms with Crippen molar-refractivity contribution in [3.63, 3.8) is 0 Å². The zero-order valence-corrected chi connectivity index (χ0v) is 13.6. The van der Waals surface area contributed by atoms with Gasteiger partial charge in [-0.25, -0.2) is 4.98 Å². The molecule has 0 spiro atoms. The molecule has 3 heterocycles. The third-order valence-electron chi connectivity index (χ3n) is 4.70. The van der Waals surface area contributed by atoms with Crippen molar-refractivity contribution in [3.8, 4) is 0 Å². The summed E-state index contributed by atoms with van der Waals surface area (Å²) in [7, 11) is 0. The Labute approximate surface area is 137 Å². The first-order valence-electron chi connectivity index (χ1n) is 8.03. The van der Waals surface area contributed by atoms with Crippen molar-refractivity contribution in [2.45, 2.75) is 50.6 Å². The summed E-state index contributed by atoms with van der Waals surface area (Å²) in [4.78, 5) is 23.4. The highest BCUT2D eigenvalue weighted by atomic mass is 32.1. The molecule has 23 heavy (non-hydrogen) atoms. The molecule has 122 valence electrons. The molecule has 1 unspecified atom stereocenters. The van der Waals surface area contributed by atoms with Gasteiger partial charge in [0, 0.05) is 23.5 Å². The Morgan fingerprint density at radius 2 is 2.26 bits per heavy atom. The Morgan fingerprint density at radius 1 is 1.39 bits per heavy atom. The highest BCUT2D eigenvalue weighted by molar-refractivity contribution is 7.11. The van der Waals surface area contributed by atoms with Gasteiger partial charge in [-0.3, -0.25) is 9.69 Å². The van der Waals surface area contributed by atoms with E-state index < -0.39 is 5.91 Å². The minimum atomic E-state index is -0.655. The van der Waals surface area contributed by atoms with Crippen LogP contribution >= 0.6 is 11.3 Å². The fraction of sp³-hybridized carbons (Fsp3) is 0.600. The fourth-order valence-electron chi connectivity index (χ4n) is 3.21. The Kier molecular flexibility index (Phi) is 3.86. The second kappa shape index (κ2) is 6.01. The van der Waals surface area contributed by atoms with Crippen molar-refractivity contribution in [2.24, 2.45) is 5.73 Å². The highest BCUT2D eigenvalue weighted by Crippen LogP contribution is 2.39. The minimum absolute atomic E-state index is 0.0445. The van der Waals surface area contributed by atoms with E-state index in [1.54, 1.807) is 0 Å². The Balaban J connectivity index is 1.46. The Hall–Kier alpha value is -1.80. The van der Waals surface area contributed by atoms with E-state index in [4.69, 9.17) is 10.3 Å². The summed E-state index contributed by atoms with van der Waals surface area (Å²) in [6.45, 7) is 1.82. The Bertz CT molecular complexity index is 708. The molecule has 1 saturated heterocycles. The minimum Gasteiger partial charge on any atom is -0.363 e. The summed E-state index contributed by atoms with van der Waals surface area (Å²) in [5.41, 5.74) is 5.19. The van der Waals surface area contributed by atoms with Crippen LogP contribution in [0.2, 0.25) is 0 Å². The molecule has 2 aliphatic rings. The average Bonchev–Trinajstić information content (AvgIpc) is 3.17. The first kappa shape index (κ1) is 14.8. The van der Waals surface area contributed by atoms with Crippen molar-refractivity contribution >= 4 is 17.2 Å². The molecule has 1 saturated carbocycles. The van der Waals surface area contributed by atoms with Gasteiger partial charge in [0.1, 0.15) is 0 Å². The number of carbonyl (C=O) groups is 1. The second-order valence-corrected chi connectivity index (χ2v) is 7.39. The van der Waals surface area contributed by atoms with E-state index in [0.29, 0.717) is 11.8 Å². The number of hydrogen-bond acceptors (Lipinski definition) is 7. The maximum Gasteiger partial charge on any atom is 0.290 e. The molecular formula is C15H19N5O2S. The van der Waals surface area contributed by atoms with Crippen LogP contribution in [0.4, 0.5) is 0 Å². The lowest BCUT2D eigenvalue weighted by Gasteiger charge is -2.22. The molecular weight excluding hydrogens is 314 g/mol. The predicted octanol–water partition coefficient (Wildman–Crippen LogP) is 2.23. The molecule has 1 aliphatic heterocycles. The zero-order chi connectivity index (χ0) is 15.8. The fourth-order valence-corrected chi connectivity index (χ4v) is 4.32. The summed E-state index contributed by atoms with van der Waals surface area (Å²) >= 11 is 1.82. The molecule has 0 radical (unpaired) electrons. The third-order valence-corrected chi connectivity index (χ3v) is 5.84. The van der Waals surface area contributed by atoms with Gasteiger partial charge in [0.25, 0.3) is 11.7 Å². The summed E-state index contributed by atoms with van der Waals surface area (Å²) in [5, 5.41) is 4.92. The van der Waals surface area contributed by atoms with Crippen molar-refractivity contribution in [1.29, 1.82) is 0 Å². The normalized spacial score (nSPS) is 22.3. The zero-order valence-electron chi connectivity index (χ0n) is 12.8. The van der Waals surface area contributed by atoms with E-state index in [-0.39, 0.29) is 11.9 Å². The molecule has 2 N–H and O–H groups in total. The van der Waals surface area contributed by atoms with Gasteiger partial charge < -0.3 is 10.3 Å². The summed E-state index contributed by atoms with van der Waals surface area (Å²) in [6.07, 6.45) is 7.90. The standard InChI is InChI=1S/C15H19N5O2S/c16-12(21)13-18-14(22-19-13)11-5-2-6-20(11)8-10-7-17-15(23-10)9-3-1-4-9/h7,9,11H,1-6,8H2,(H2,16,21). The van der Waals surface area contributed by atoms with E-state index in [0.717, 1.165) is 25.9 Å². The van der Waals surface area contributed by atoms with E-state index in [1.807, 2.05) is 17.5 Å². The van der Waals surface area contributed by atoms with Crippen LogP contribution in [0.3, 0.4) is 0 Å². The quantitative estimate of drug-likeness (QED) is 0.901. The summed E-state index contributed by atoms with van der Waals surface area (Å²) < 4.78 is 5.23. The molecule has 1 atom stereocenters. The first-order valence-corrected chi connectivity index (χ1v) is 8.84. The van der Waals surface area contributed by atoms with Crippen molar-refractivity contribution in [3.05, 3.63) is 27.8 Å². The van der Waals surface area contributed by atoms with Crippen molar-refractivity contribution in [2.75, 3.05) is 6.54 Å². The number of nitrogens with zero attached hydrogens (tertiary/aromatic N) is 4. The lowest BCUT2D eigenvalue weighted by Crippen LogP contribution is -2.22. The molecule has 7 nitrogen and oxygen atoms in total. The van der Waals surface area contributed by atoms with Gasteiger partial charge in [-0.2, -0.15) is 4.98 Å². The molecule has 1 aliphatic carbocycles. The van der Waals surface area contributed by atoms with E-state index in [9.17, 15) is 4.79 Å². The van der Waals surface area contributed by atoms with Crippen LogP contribution in [0.15, 0.2) is 10.7 Å². The largest absolute Gasteiger partial charge is 0.363 e. The second-order valence-electron chi connectivity index (χ2n) is 6.24. The molecule has 2 fully saturated rings. The first-order chi connectivity index (χ1) is 11.2. The number of nitrogens with two attached hydrogens (primary N) is 1. The number of hydrogen-bond donors (Lipinski definition) is 1. The molecule has 8 heteroatoms. The number of likely N-dealkylation sites (tertiary alicyclic amines) is 1. The number of rotatable bonds is 5. The maximum absolute atomic E-state index is 11.1. The molecule has 0 aromatic carbocycles. The van der Waals surface area contributed by atoms with Gasteiger partial charge in [0.15, 0.2) is 0 Å². The van der Waals surface area contributed by atoms with E-state index >= 15 is 0 Å². The van der Waals surface area contributed by atoms with Crippen molar-refractivity contribution < 1.29 is 9.32 Å². The van der Waals surface area contributed by atoms with Crippen LogP contribution in [0, 0.1) is 0 Å². The van der Waals surface area contributed by atoms with Crippen LogP contribution in [0.1, 0.15) is 70.5 Å². The topological polar surface area (TPSA) is 98.1 Å². The number of amides is 1. The highest BCUT2D eigenvalue weighted by Gasteiger charge is 2.32. The van der Waals surface area contributed by atoms with Gasteiger partial charge in [-0.15, -0.1) is 11.3 Å². The SMILES string of the molecule is NC(=O)c1noc(C2CCCN2Cc2cnc(C3CCC3)s2)n1. The molecule has 4 rings (SSSR count). The smallest absolute Gasteiger partial charge is 0.290 e. The number of carbonyl (C=O) groups excluding carboxylic acids is 1. The van der Waals surface area contributed by atoms with Gasteiger partial charge in [-0.1, -0.05) is 11.6 Å². The molecule has 0 bridgehead atoms. The van der Waals surface area contributed by atoms with Crippen LogP contribution in [-0.4, -0.2) is 32.5 Å². The molecule has 2 aromatic rings. The maximum atomic E-state index is 11.1. The number of thiazole rings is 1. The lowest BCUT2D eigenvalue weighted by molar-refractivity contribution is 0.0987. The molecule has 2 aromatic heterocycles. The predicted molar refractivity (Wildman–Crippen MR) is 83.9 cm³/mol. The average molecular weight is 333 g/mol. The third kappa shape index (κ3) is 2.88. The number of aromatic nitrogens is 3. The lowest BCUT2D eigenvalue weighted by atomic mass is 9.86. The van der Waals surface area contributed by atoms with Gasteiger partial charge in [0.2, 0.25) is 5.89 Å². The van der Waals surface area contributed by atoms with E-state index in [2.05, 4.69) is 20.0 Å². The van der Waals surface area contributed by atoms with Crippen molar-refractivity contribution in [1.82, 2.24) is 20.0 Å².